The molecule has 202 valence electrons. The van der Waals surface area contributed by atoms with Gasteiger partial charge in [-0.1, -0.05) is 0 Å². The highest BCUT2D eigenvalue weighted by molar-refractivity contribution is 6.03. The van der Waals surface area contributed by atoms with Crippen LogP contribution in [0, 0.1) is 25.0 Å². The molecule has 0 aromatic rings. The van der Waals surface area contributed by atoms with Gasteiger partial charge in [0.15, 0.2) is 5.78 Å². The second kappa shape index (κ2) is 9.90. The first-order valence-corrected chi connectivity index (χ1v) is 12.8. The topological polar surface area (TPSA) is 108 Å². The van der Waals surface area contributed by atoms with Gasteiger partial charge in [-0.05, 0) is 56.8 Å². The lowest BCUT2D eigenvalue weighted by Crippen LogP contribution is -2.57. The van der Waals surface area contributed by atoms with E-state index < -0.39 is 41.1 Å². The largest absolute Gasteiger partial charge is 0.489 e. The van der Waals surface area contributed by atoms with Gasteiger partial charge < -0.3 is 19.1 Å². The maximum atomic E-state index is 13.4. The molecule has 0 radical (unpaired) electrons. The van der Waals surface area contributed by atoms with E-state index in [2.05, 4.69) is 9.69 Å². The summed E-state index contributed by atoms with van der Waals surface area (Å²) in [5, 5.41) is 0. The van der Waals surface area contributed by atoms with Gasteiger partial charge in [0.25, 0.3) is 0 Å². The van der Waals surface area contributed by atoms with Gasteiger partial charge in [-0.2, -0.15) is 0 Å². The van der Waals surface area contributed by atoms with Gasteiger partial charge in [-0.15, -0.1) is 0 Å². The number of carbonyl (C=O) groups is 4. The van der Waals surface area contributed by atoms with Crippen molar-refractivity contribution in [2.45, 2.75) is 90.1 Å². The number of hydrogen-bond acceptors (Lipinski definition) is 7. The average molecular weight is 524 g/mol. The molecule has 2 aliphatic heterocycles. The fourth-order valence-corrected chi connectivity index (χ4v) is 6.57. The number of piperidine rings is 1. The summed E-state index contributed by atoms with van der Waals surface area (Å²) in [6.45, 7) is 23.9. The van der Waals surface area contributed by atoms with Crippen LogP contribution in [0.2, 0.25) is 0 Å². The van der Waals surface area contributed by atoms with Gasteiger partial charge in [0.1, 0.15) is 31.2 Å². The monoisotopic (exact) mass is 523 g/mol. The lowest BCUT2D eigenvalue weighted by molar-refractivity contribution is -0.141. The van der Waals surface area contributed by atoms with Crippen molar-refractivity contribution >= 4 is 23.8 Å². The first-order chi connectivity index (χ1) is 17.8. The van der Waals surface area contributed by atoms with Crippen LogP contribution >= 0.6 is 0 Å². The predicted molar refractivity (Wildman–Crippen MR) is 134 cm³/mol. The van der Waals surface area contributed by atoms with E-state index >= 15 is 0 Å². The van der Waals surface area contributed by atoms with Crippen molar-refractivity contribution in [3.63, 3.8) is 0 Å². The van der Waals surface area contributed by atoms with E-state index in [1.807, 2.05) is 0 Å². The molecule has 0 aromatic carbocycles. The lowest BCUT2D eigenvalue weighted by atomic mass is 9.70. The fraction of sp³-hybridized carbons (Fsp3) is 0.643. The van der Waals surface area contributed by atoms with Gasteiger partial charge in [0, 0.05) is 43.8 Å². The van der Waals surface area contributed by atoms with Crippen molar-refractivity contribution in [2.75, 3.05) is 13.2 Å². The molecule has 2 bridgehead atoms. The number of hydrogen-bond donors (Lipinski definition) is 0. The Kier molecular flexibility index (Phi) is 7.13. The van der Waals surface area contributed by atoms with E-state index in [0.29, 0.717) is 36.0 Å². The Morgan fingerprint density at radius 1 is 1.03 bits per heavy atom. The van der Waals surface area contributed by atoms with E-state index in [0.717, 1.165) is 0 Å². The molecule has 0 spiro atoms. The minimum Gasteiger partial charge on any atom is -0.461 e. The average Bonchev–Trinajstić information content (AvgIpc) is 3.26. The lowest BCUT2D eigenvalue weighted by Gasteiger charge is -2.44. The van der Waals surface area contributed by atoms with Crippen LogP contribution in [0.4, 0.5) is 4.79 Å². The van der Waals surface area contributed by atoms with Crippen LogP contribution in [0.5, 0.6) is 0 Å². The number of allylic oxidation sites excluding steroid dienone is 1. The molecule has 0 saturated carbocycles. The minimum atomic E-state index is -1.52. The van der Waals surface area contributed by atoms with Crippen molar-refractivity contribution in [1.82, 2.24) is 4.90 Å². The molecular formula is C28H33N3O7. The Morgan fingerprint density at radius 2 is 1.66 bits per heavy atom. The predicted octanol–water partition coefficient (Wildman–Crippen LogP) is 4.02. The van der Waals surface area contributed by atoms with Crippen LogP contribution < -0.4 is 0 Å². The third kappa shape index (κ3) is 4.80. The zero-order valence-electron chi connectivity index (χ0n) is 22.5. The molecular weight excluding hydrogens is 490 g/mol. The van der Waals surface area contributed by atoms with Crippen molar-refractivity contribution in [1.29, 1.82) is 0 Å². The first-order valence-electron chi connectivity index (χ1n) is 12.8. The number of amides is 1. The molecule has 38 heavy (non-hydrogen) atoms. The number of ketones is 1. The van der Waals surface area contributed by atoms with Gasteiger partial charge in [0.2, 0.25) is 0 Å². The Bertz CT molecular complexity index is 1210. The molecule has 2 unspecified atom stereocenters. The number of rotatable bonds is 4. The zero-order chi connectivity index (χ0) is 28.0. The van der Waals surface area contributed by atoms with E-state index in [4.69, 9.17) is 27.4 Å². The third-order valence-electron chi connectivity index (χ3n) is 7.99. The van der Waals surface area contributed by atoms with Gasteiger partial charge in [-0.25, -0.2) is 27.6 Å². The third-order valence-corrected chi connectivity index (χ3v) is 7.99. The van der Waals surface area contributed by atoms with E-state index in [-0.39, 0.29) is 49.5 Å². The Labute approximate surface area is 222 Å². The molecule has 1 amide bonds. The van der Waals surface area contributed by atoms with Crippen molar-refractivity contribution in [3.8, 4) is 0 Å². The summed E-state index contributed by atoms with van der Waals surface area (Å²) >= 11 is 0. The maximum Gasteiger partial charge on any atom is 0.489 e. The normalized spacial score (nSPS) is 27.6. The zero-order valence-corrected chi connectivity index (χ0v) is 22.5. The number of fused-ring (bicyclic) bond motifs is 5. The number of ether oxygens (including phenoxy) is 3. The van der Waals surface area contributed by atoms with Crippen LogP contribution in [0.3, 0.4) is 0 Å². The summed E-state index contributed by atoms with van der Waals surface area (Å²) in [6, 6.07) is -0.561. The SMILES string of the molecule is [C-]#[N+]C1([N+]#[C-])CC2=C(COC(C)=O)C(=O)CC2=C(COC(C)=O)[C@H]2C3CC[C@H](CC21)N3C(=O)OC(C)(C)C. The quantitative estimate of drug-likeness (QED) is 0.311. The Balaban J connectivity index is 1.90. The molecule has 10 nitrogen and oxygen atoms in total. The highest BCUT2D eigenvalue weighted by atomic mass is 16.6. The summed E-state index contributed by atoms with van der Waals surface area (Å²) in [5.41, 5.74) is -0.113. The minimum absolute atomic E-state index is 0.000412. The first kappa shape index (κ1) is 27.4. The molecule has 0 N–H and O–H groups in total. The molecule has 4 aliphatic rings. The highest BCUT2D eigenvalue weighted by Crippen LogP contribution is 2.57. The van der Waals surface area contributed by atoms with E-state index in [1.165, 1.54) is 13.8 Å². The molecule has 2 fully saturated rings. The van der Waals surface area contributed by atoms with Crippen molar-refractivity contribution in [2.24, 2.45) is 11.8 Å². The summed E-state index contributed by atoms with van der Waals surface area (Å²) in [4.78, 5) is 59.5. The van der Waals surface area contributed by atoms with Crippen LogP contribution in [0.25, 0.3) is 9.69 Å². The molecule has 2 aliphatic carbocycles. The molecule has 0 aromatic heterocycles. The fourth-order valence-electron chi connectivity index (χ4n) is 6.57. The number of carbonyl (C=O) groups excluding carboxylic acids is 4. The van der Waals surface area contributed by atoms with Gasteiger partial charge in [-0.3, -0.25) is 14.4 Å². The summed E-state index contributed by atoms with van der Waals surface area (Å²) < 4.78 is 16.4. The summed E-state index contributed by atoms with van der Waals surface area (Å²) in [5.74, 6) is -2.22. The van der Waals surface area contributed by atoms with Gasteiger partial charge >= 0.3 is 23.7 Å². The van der Waals surface area contributed by atoms with E-state index in [1.54, 1.807) is 25.7 Å². The standard InChI is InChI=1S/C28H33N3O7/c1-15(32)36-13-20-19-12-28(29-6,30-7)22-10-17-8-9-23(31(17)26(35)38-27(3,4)5)25(22)21(14-37-16(2)33)18(19)11-24(20)34/h17,22-23,25H,8-14H2,1-5H3/t17-,22?,23?,25-/m1/s1. The molecule has 2 saturated heterocycles. The molecule has 4 atom stereocenters. The Morgan fingerprint density at radius 3 is 2.24 bits per heavy atom. The second-order valence-corrected chi connectivity index (χ2v) is 11.5. The Hall–Kier alpha value is -3.66. The van der Waals surface area contributed by atoms with Crippen molar-refractivity contribution in [3.05, 3.63) is 45.1 Å². The molecule has 10 heteroatoms. The highest BCUT2D eigenvalue weighted by Gasteiger charge is 2.67. The van der Waals surface area contributed by atoms with Crippen molar-refractivity contribution < 1.29 is 33.4 Å². The van der Waals surface area contributed by atoms with E-state index in [9.17, 15) is 19.2 Å². The van der Waals surface area contributed by atoms with Gasteiger partial charge in [0.05, 0.1) is 0 Å². The summed E-state index contributed by atoms with van der Waals surface area (Å²) in [6.07, 6.45) is 1.33. The number of nitrogens with zero attached hydrogens (tertiary/aromatic N) is 3. The maximum absolute atomic E-state index is 13.4. The number of Topliss-reactive ketones (excluding diaryl/α,β-unsaturated/α-hetero) is 1. The van der Waals surface area contributed by atoms with Crippen LogP contribution in [-0.2, 0) is 28.6 Å². The smallest absolute Gasteiger partial charge is 0.461 e. The second-order valence-electron chi connectivity index (χ2n) is 11.5. The molecule has 4 rings (SSSR count). The van der Waals surface area contributed by atoms with Crippen LogP contribution in [-0.4, -0.2) is 65.3 Å². The van der Waals surface area contributed by atoms with Crippen LogP contribution in [0.1, 0.15) is 66.7 Å². The van der Waals surface area contributed by atoms with Crippen LogP contribution in [0.15, 0.2) is 22.3 Å². The number of esters is 2. The summed E-state index contributed by atoms with van der Waals surface area (Å²) in [7, 11) is 0. The molecule has 2 heterocycles.